The molecule has 1 aromatic rings. The van der Waals surface area contributed by atoms with Crippen molar-refractivity contribution < 1.29 is 22.8 Å². The van der Waals surface area contributed by atoms with Gasteiger partial charge in [-0.25, -0.2) is 18.1 Å². The Kier molecular flexibility index (Phi) is 8.19. The van der Waals surface area contributed by atoms with Crippen molar-refractivity contribution >= 4 is 39.6 Å². The maximum absolute atomic E-state index is 12.8. The van der Waals surface area contributed by atoms with E-state index < -0.39 is 27.3 Å². The summed E-state index contributed by atoms with van der Waals surface area (Å²) in [5, 5.41) is 8.10. The van der Waals surface area contributed by atoms with Crippen LogP contribution in [-0.2, 0) is 19.4 Å². The minimum atomic E-state index is -3.18. The van der Waals surface area contributed by atoms with Crippen LogP contribution in [0.15, 0.2) is 18.2 Å². The van der Waals surface area contributed by atoms with E-state index in [0.717, 1.165) is 16.7 Å². The number of amides is 4. The summed E-state index contributed by atoms with van der Waals surface area (Å²) in [6.07, 6.45) is 1.49. The number of rotatable bonds is 8. The second kappa shape index (κ2) is 9.73. The van der Waals surface area contributed by atoms with Crippen molar-refractivity contribution in [3.63, 3.8) is 0 Å². The summed E-state index contributed by atoms with van der Waals surface area (Å²) in [6, 6.07) is 3.39. The number of likely N-dealkylation sites (N-methyl/N-ethyl adjacent to an activating group) is 1. The Labute approximate surface area is 172 Å². The molecule has 0 bridgehead atoms. The third-order valence-electron chi connectivity index (χ3n) is 4.25. The molecule has 1 aromatic carbocycles. The van der Waals surface area contributed by atoms with Crippen LogP contribution in [0.1, 0.15) is 26.3 Å². The summed E-state index contributed by atoms with van der Waals surface area (Å²) in [5.41, 5.74) is 0.864. The lowest BCUT2D eigenvalue weighted by Gasteiger charge is -2.31. The summed E-state index contributed by atoms with van der Waals surface area (Å²) in [5.74, 6) is -0.482. The first kappa shape index (κ1) is 24.4. The molecule has 0 saturated heterocycles. The molecule has 0 aliphatic carbocycles. The first-order chi connectivity index (χ1) is 13.3. The number of hydrogen-bond donors (Lipinski definition) is 3. The lowest BCUT2D eigenvalue weighted by Crippen LogP contribution is -2.56. The number of benzene rings is 1. The Morgan fingerprint density at radius 1 is 1.24 bits per heavy atom. The van der Waals surface area contributed by atoms with Crippen molar-refractivity contribution in [1.82, 2.24) is 10.6 Å². The number of nitrogens with one attached hydrogen (secondary N) is 3. The summed E-state index contributed by atoms with van der Waals surface area (Å²) in [6.45, 7) is 7.28. The monoisotopic (exact) mass is 426 g/mol. The molecule has 1 rings (SSSR count). The van der Waals surface area contributed by atoms with Crippen LogP contribution in [0.25, 0.3) is 0 Å². The molecule has 0 aliphatic rings. The second-order valence-corrected chi connectivity index (χ2v) is 10.1. The van der Waals surface area contributed by atoms with E-state index >= 15 is 0 Å². The van der Waals surface area contributed by atoms with Gasteiger partial charge in [0.2, 0.25) is 12.3 Å². The number of urea groups is 1. The molecule has 0 heterocycles. The maximum atomic E-state index is 12.8. The van der Waals surface area contributed by atoms with Crippen molar-refractivity contribution in [2.45, 2.75) is 33.7 Å². The smallest absolute Gasteiger partial charge is 0.329 e. The topological polar surface area (TPSA) is 125 Å². The number of hydrogen-bond acceptors (Lipinski definition) is 6. The average molecular weight is 427 g/mol. The fourth-order valence-corrected chi connectivity index (χ4v) is 3.14. The number of aryl methyl sites for hydroxylation is 1. The zero-order valence-electron chi connectivity index (χ0n) is 17.7. The van der Waals surface area contributed by atoms with E-state index in [0.29, 0.717) is 12.1 Å². The average Bonchev–Trinajstić information content (AvgIpc) is 2.59. The molecule has 3 N–H and O–H groups in total. The highest BCUT2D eigenvalue weighted by Crippen LogP contribution is 2.29. The fourth-order valence-electron chi connectivity index (χ4n) is 2.67. The van der Waals surface area contributed by atoms with E-state index in [1.165, 1.54) is 7.05 Å². The normalized spacial score (nSPS) is 12.6. The quantitative estimate of drug-likeness (QED) is 0.538. The highest BCUT2D eigenvalue weighted by molar-refractivity contribution is 7.90. The van der Waals surface area contributed by atoms with E-state index in [-0.39, 0.29) is 23.9 Å². The van der Waals surface area contributed by atoms with Crippen molar-refractivity contribution in [2.75, 3.05) is 35.8 Å². The predicted molar refractivity (Wildman–Crippen MR) is 114 cm³/mol. The standard InChI is InChI=1S/C19H30N4O5S/c1-13-8-7-9-14(15(13)21-10-11-29(6,27)28)23(12-24)18(26)22-16(17(25)20-5)19(2,3)4/h7-9,12,16,21H,10-11H2,1-6H3,(H,20,25)(H,22,26)/t16-/m1/s1. The van der Waals surface area contributed by atoms with E-state index in [4.69, 9.17) is 0 Å². The van der Waals surface area contributed by atoms with Gasteiger partial charge in [0.05, 0.1) is 17.1 Å². The van der Waals surface area contributed by atoms with Crippen LogP contribution >= 0.6 is 0 Å². The Balaban J connectivity index is 3.19. The Hall–Kier alpha value is -2.62. The van der Waals surface area contributed by atoms with Crippen LogP contribution in [-0.4, -0.2) is 58.4 Å². The molecule has 9 nitrogen and oxygen atoms in total. The first-order valence-corrected chi connectivity index (χ1v) is 11.2. The van der Waals surface area contributed by atoms with Crippen LogP contribution in [0.5, 0.6) is 0 Å². The van der Waals surface area contributed by atoms with Crippen LogP contribution < -0.4 is 20.9 Å². The maximum Gasteiger partial charge on any atom is 0.329 e. The summed E-state index contributed by atoms with van der Waals surface area (Å²) in [4.78, 5) is 37.6. The highest BCUT2D eigenvalue weighted by Gasteiger charge is 2.34. The summed E-state index contributed by atoms with van der Waals surface area (Å²) in [7, 11) is -1.71. The molecule has 4 amide bonds. The van der Waals surface area contributed by atoms with Gasteiger partial charge in [-0.15, -0.1) is 0 Å². The molecule has 0 saturated carbocycles. The molecule has 0 fully saturated rings. The molecule has 0 spiro atoms. The van der Waals surface area contributed by atoms with Gasteiger partial charge < -0.3 is 16.0 Å². The number of anilines is 2. The minimum Gasteiger partial charge on any atom is -0.382 e. The van der Waals surface area contributed by atoms with E-state index in [1.54, 1.807) is 45.9 Å². The zero-order valence-corrected chi connectivity index (χ0v) is 18.5. The molecular formula is C19H30N4O5S. The SMILES string of the molecule is CNC(=O)[C@@H](NC(=O)N(C=O)c1cccc(C)c1NCCS(C)(=O)=O)C(C)(C)C. The van der Waals surface area contributed by atoms with Crippen molar-refractivity contribution in [3.8, 4) is 0 Å². The van der Waals surface area contributed by atoms with Crippen LogP contribution in [0.4, 0.5) is 16.2 Å². The summed E-state index contributed by atoms with van der Waals surface area (Å²) < 4.78 is 22.8. The Morgan fingerprint density at radius 2 is 1.86 bits per heavy atom. The molecule has 0 unspecified atom stereocenters. The van der Waals surface area contributed by atoms with Crippen LogP contribution in [0, 0.1) is 12.3 Å². The molecule has 29 heavy (non-hydrogen) atoms. The zero-order chi connectivity index (χ0) is 22.4. The third kappa shape index (κ3) is 7.04. The van der Waals surface area contributed by atoms with Crippen LogP contribution in [0.2, 0.25) is 0 Å². The molecule has 162 valence electrons. The number of nitrogens with zero attached hydrogens (tertiary/aromatic N) is 1. The van der Waals surface area contributed by atoms with Crippen LogP contribution in [0.3, 0.4) is 0 Å². The third-order valence-corrected chi connectivity index (χ3v) is 5.20. The first-order valence-electron chi connectivity index (χ1n) is 9.09. The molecule has 0 radical (unpaired) electrons. The molecule has 0 aliphatic heterocycles. The van der Waals surface area contributed by atoms with E-state index in [9.17, 15) is 22.8 Å². The van der Waals surface area contributed by atoms with Gasteiger partial charge in [0.1, 0.15) is 15.9 Å². The van der Waals surface area contributed by atoms with Gasteiger partial charge in [0.15, 0.2) is 0 Å². The Morgan fingerprint density at radius 3 is 2.34 bits per heavy atom. The predicted octanol–water partition coefficient (Wildman–Crippen LogP) is 1.28. The summed E-state index contributed by atoms with van der Waals surface area (Å²) >= 11 is 0. The molecule has 10 heteroatoms. The highest BCUT2D eigenvalue weighted by atomic mass is 32.2. The van der Waals surface area contributed by atoms with E-state index in [2.05, 4.69) is 16.0 Å². The van der Waals surface area contributed by atoms with Crippen molar-refractivity contribution in [1.29, 1.82) is 0 Å². The lowest BCUT2D eigenvalue weighted by atomic mass is 9.86. The van der Waals surface area contributed by atoms with Gasteiger partial charge >= 0.3 is 6.03 Å². The molecule has 0 aromatic heterocycles. The lowest BCUT2D eigenvalue weighted by molar-refractivity contribution is -0.124. The number of carbonyl (C=O) groups excluding carboxylic acids is 3. The van der Waals surface area contributed by atoms with Gasteiger partial charge in [-0.3, -0.25) is 9.59 Å². The molecular weight excluding hydrogens is 396 g/mol. The fraction of sp³-hybridized carbons (Fsp3) is 0.526. The number of sulfone groups is 1. The Bertz CT molecular complexity index is 862. The van der Waals surface area contributed by atoms with Gasteiger partial charge in [0, 0.05) is 19.8 Å². The number of carbonyl (C=O) groups is 3. The van der Waals surface area contributed by atoms with Gasteiger partial charge in [-0.2, -0.15) is 0 Å². The minimum absolute atomic E-state index is 0.100. The largest absolute Gasteiger partial charge is 0.382 e. The van der Waals surface area contributed by atoms with Crippen molar-refractivity contribution in [3.05, 3.63) is 23.8 Å². The second-order valence-electron chi connectivity index (χ2n) is 7.86. The van der Waals surface area contributed by atoms with Crippen molar-refractivity contribution in [2.24, 2.45) is 5.41 Å². The van der Waals surface area contributed by atoms with Gasteiger partial charge in [0.25, 0.3) is 0 Å². The molecule has 1 atom stereocenters. The number of imide groups is 1. The van der Waals surface area contributed by atoms with Gasteiger partial charge in [-0.05, 0) is 24.0 Å². The number of para-hydroxylation sites is 1. The van der Waals surface area contributed by atoms with E-state index in [1.807, 2.05) is 0 Å². The van der Waals surface area contributed by atoms with Gasteiger partial charge in [-0.1, -0.05) is 32.9 Å².